The van der Waals surface area contributed by atoms with Crippen LogP contribution in [-0.2, 0) is 11.2 Å². The highest BCUT2D eigenvalue weighted by Crippen LogP contribution is 2.42. The number of carbonyl (C=O) groups is 2. The summed E-state index contributed by atoms with van der Waals surface area (Å²) in [6.45, 7) is 0.855. The first-order valence-electron chi connectivity index (χ1n) is 9.50. The number of phenolic OH excluding ortho intramolecular Hbond substituents is 1. The third-order valence-electron chi connectivity index (χ3n) is 5.04. The Kier molecular flexibility index (Phi) is 6.75. The number of rotatable bonds is 9. The summed E-state index contributed by atoms with van der Waals surface area (Å²) in [7, 11) is 1.60. The number of aromatic hydroxyl groups is 1. The molecule has 0 aromatic heterocycles. The highest BCUT2D eigenvalue weighted by Gasteiger charge is 2.61. The van der Waals surface area contributed by atoms with Crippen LogP contribution in [0.4, 0.5) is 0 Å². The lowest BCUT2D eigenvalue weighted by atomic mass is 10.0. The van der Waals surface area contributed by atoms with Gasteiger partial charge < -0.3 is 25.8 Å². The average molecular weight is 452 g/mol. The lowest BCUT2D eigenvalue weighted by molar-refractivity contribution is -0.114. The van der Waals surface area contributed by atoms with Crippen LogP contribution in [0.2, 0.25) is 10.0 Å². The van der Waals surface area contributed by atoms with Gasteiger partial charge in [-0.25, -0.2) is 0 Å². The molecule has 0 bridgehead atoms. The second kappa shape index (κ2) is 9.12. The highest BCUT2D eigenvalue weighted by molar-refractivity contribution is 6.39. The van der Waals surface area contributed by atoms with Crippen LogP contribution in [0.3, 0.4) is 0 Å². The first-order chi connectivity index (χ1) is 14.3. The first-order valence-corrected chi connectivity index (χ1v) is 10.3. The number of unbranched alkanes of at least 4 members (excludes halogenated alkanes) is 1. The predicted octanol–water partition coefficient (Wildman–Crippen LogP) is 2.96. The number of halogens is 2. The summed E-state index contributed by atoms with van der Waals surface area (Å²) in [5.41, 5.74) is 5.02. The maximum atomic E-state index is 12.9. The summed E-state index contributed by atoms with van der Waals surface area (Å²) in [6.07, 6.45) is 1.76. The van der Waals surface area contributed by atoms with Crippen LogP contribution in [0.15, 0.2) is 36.4 Å². The molecular weight excluding hydrogens is 429 g/mol. The number of carbonyl (C=O) groups excluding carboxylic acids is 2. The van der Waals surface area contributed by atoms with Gasteiger partial charge in [0.05, 0.1) is 17.2 Å². The minimum atomic E-state index is -1.18. The molecule has 1 atom stereocenters. The van der Waals surface area contributed by atoms with Gasteiger partial charge in [-0.1, -0.05) is 53.5 Å². The van der Waals surface area contributed by atoms with Gasteiger partial charge in [0.25, 0.3) is 11.8 Å². The smallest absolute Gasteiger partial charge is 0.271 e. The number of nitrogens with zero attached hydrogens (tertiary/aromatic N) is 1. The molecule has 9 heteroatoms. The number of nitrogens with two attached hydrogens (primary N) is 1. The topological polar surface area (TPSA) is 105 Å². The van der Waals surface area contributed by atoms with Crippen molar-refractivity contribution < 1.29 is 19.4 Å². The Morgan fingerprint density at radius 3 is 2.53 bits per heavy atom. The van der Waals surface area contributed by atoms with Crippen molar-refractivity contribution in [1.82, 2.24) is 10.2 Å². The second-order valence-corrected chi connectivity index (χ2v) is 7.87. The molecule has 2 amide bonds. The quantitative estimate of drug-likeness (QED) is 0.401. The maximum absolute atomic E-state index is 12.9. The van der Waals surface area contributed by atoms with Gasteiger partial charge in [-0.05, 0) is 31.0 Å². The van der Waals surface area contributed by atoms with Crippen LogP contribution >= 0.6 is 23.2 Å². The molecule has 0 aliphatic carbocycles. The van der Waals surface area contributed by atoms with E-state index < -0.39 is 17.3 Å². The van der Waals surface area contributed by atoms with E-state index in [1.165, 1.54) is 11.0 Å². The van der Waals surface area contributed by atoms with Crippen molar-refractivity contribution in [1.29, 1.82) is 0 Å². The molecule has 1 aliphatic heterocycles. The van der Waals surface area contributed by atoms with Crippen molar-refractivity contribution in [2.24, 2.45) is 5.73 Å². The molecular formula is C21H23Cl2N3O4. The van der Waals surface area contributed by atoms with Crippen molar-refractivity contribution in [3.8, 4) is 11.5 Å². The number of ether oxygens (including phenoxy) is 1. The molecule has 1 heterocycles. The van der Waals surface area contributed by atoms with Crippen LogP contribution in [-0.4, -0.2) is 47.7 Å². The summed E-state index contributed by atoms with van der Waals surface area (Å²) in [6, 6.07) is 10.6. The van der Waals surface area contributed by atoms with Gasteiger partial charge in [0.2, 0.25) is 5.66 Å². The van der Waals surface area contributed by atoms with Gasteiger partial charge >= 0.3 is 0 Å². The number of likely N-dealkylation sites (N-methyl/N-ethyl adjacent to an activating group) is 1. The molecule has 0 unspecified atom stereocenters. The normalized spacial score (nSPS) is 17.7. The Labute approximate surface area is 184 Å². The van der Waals surface area contributed by atoms with Gasteiger partial charge in [0.15, 0.2) is 11.5 Å². The third kappa shape index (κ3) is 4.33. The minimum absolute atomic E-state index is 0.0864. The van der Waals surface area contributed by atoms with E-state index in [9.17, 15) is 14.7 Å². The summed E-state index contributed by atoms with van der Waals surface area (Å²) in [5, 5.41) is 13.1. The van der Waals surface area contributed by atoms with Crippen molar-refractivity contribution >= 4 is 35.0 Å². The molecule has 0 saturated carbocycles. The zero-order chi connectivity index (χ0) is 21.9. The second-order valence-electron chi connectivity index (χ2n) is 7.08. The fourth-order valence-electron chi connectivity index (χ4n) is 3.22. The number of nitrogens with one attached hydrogen (secondary N) is 1. The molecule has 1 fully saturated rings. The fraction of sp³-hybridized carbons (Fsp3) is 0.333. The molecule has 2 aromatic carbocycles. The molecule has 4 N–H and O–H groups in total. The number of benzene rings is 2. The molecule has 0 spiro atoms. The van der Waals surface area contributed by atoms with Crippen LogP contribution in [0.1, 0.15) is 28.8 Å². The Balaban J connectivity index is 1.80. The van der Waals surface area contributed by atoms with Crippen LogP contribution in [0, 0.1) is 0 Å². The molecule has 30 heavy (non-hydrogen) atoms. The van der Waals surface area contributed by atoms with Crippen molar-refractivity contribution in [2.75, 3.05) is 20.2 Å². The summed E-state index contributed by atoms with van der Waals surface area (Å²) >= 11 is 12.4. The molecule has 1 aliphatic rings. The molecule has 0 radical (unpaired) electrons. The van der Waals surface area contributed by atoms with Crippen LogP contribution in [0.25, 0.3) is 0 Å². The standard InChI is InChI=1S/C21H23Cl2N3O4/c1-26-20(29)21(26,12-13-7-3-2-4-8-13)25-19(28)14-11-15(22)18(16(23)17(14)27)30-10-6-5-9-24/h2-4,7-8,11,27H,5-6,9-10,12,24H2,1H3,(H,25,28)/t21-,26?/m0/s1. The van der Waals surface area contributed by atoms with Crippen molar-refractivity contribution in [2.45, 2.75) is 24.9 Å². The fourth-order valence-corrected chi connectivity index (χ4v) is 3.78. The van der Waals surface area contributed by atoms with Gasteiger partial charge in [-0.15, -0.1) is 0 Å². The van der Waals surface area contributed by atoms with E-state index in [2.05, 4.69) is 5.32 Å². The zero-order valence-corrected chi connectivity index (χ0v) is 18.0. The summed E-state index contributed by atoms with van der Waals surface area (Å²) in [5.74, 6) is -1.25. The number of phenols is 1. The lowest BCUT2D eigenvalue weighted by Gasteiger charge is -2.18. The molecule has 1 saturated heterocycles. The number of hydrogen-bond donors (Lipinski definition) is 3. The van der Waals surface area contributed by atoms with E-state index in [0.29, 0.717) is 26.0 Å². The SMILES string of the molecule is CN1C(=O)[C@@]1(Cc1ccccc1)NC(=O)c1cc(Cl)c(OCCCCN)c(Cl)c1O. The Hall–Kier alpha value is -2.48. The van der Waals surface area contributed by atoms with Gasteiger partial charge in [0, 0.05) is 13.5 Å². The van der Waals surface area contributed by atoms with E-state index in [-0.39, 0.29) is 27.3 Å². The number of hydrogen-bond acceptors (Lipinski definition) is 5. The molecule has 3 rings (SSSR count). The molecule has 2 aromatic rings. The van der Waals surface area contributed by atoms with Crippen LogP contribution in [0.5, 0.6) is 11.5 Å². The van der Waals surface area contributed by atoms with E-state index >= 15 is 0 Å². The van der Waals surface area contributed by atoms with Gasteiger partial charge in [-0.2, -0.15) is 0 Å². The summed E-state index contributed by atoms with van der Waals surface area (Å²) < 4.78 is 5.54. The molecule has 160 valence electrons. The maximum Gasteiger partial charge on any atom is 0.271 e. The Bertz CT molecular complexity index is 955. The molecule has 7 nitrogen and oxygen atoms in total. The monoisotopic (exact) mass is 451 g/mol. The third-order valence-corrected chi connectivity index (χ3v) is 5.68. The lowest BCUT2D eigenvalue weighted by Crippen LogP contribution is -2.43. The van der Waals surface area contributed by atoms with E-state index in [1.54, 1.807) is 7.05 Å². The number of amides is 2. The Morgan fingerprint density at radius 2 is 1.93 bits per heavy atom. The summed E-state index contributed by atoms with van der Waals surface area (Å²) in [4.78, 5) is 26.7. The van der Waals surface area contributed by atoms with Crippen molar-refractivity contribution in [3.63, 3.8) is 0 Å². The average Bonchev–Trinajstić information content (AvgIpc) is 3.22. The highest BCUT2D eigenvalue weighted by atomic mass is 35.5. The minimum Gasteiger partial charge on any atom is -0.505 e. The first kappa shape index (κ1) is 22.2. The van der Waals surface area contributed by atoms with Gasteiger partial charge in [0.1, 0.15) is 5.02 Å². The van der Waals surface area contributed by atoms with E-state index in [1.807, 2.05) is 30.3 Å². The zero-order valence-electron chi connectivity index (χ0n) is 16.5. The van der Waals surface area contributed by atoms with Crippen molar-refractivity contribution in [3.05, 3.63) is 57.6 Å². The van der Waals surface area contributed by atoms with E-state index in [4.69, 9.17) is 33.7 Å². The van der Waals surface area contributed by atoms with Gasteiger partial charge in [-0.3, -0.25) is 9.59 Å². The van der Waals surface area contributed by atoms with E-state index in [0.717, 1.165) is 12.0 Å². The Morgan fingerprint density at radius 1 is 1.27 bits per heavy atom. The largest absolute Gasteiger partial charge is 0.505 e. The van der Waals surface area contributed by atoms with Crippen LogP contribution < -0.4 is 15.8 Å². The predicted molar refractivity (Wildman–Crippen MR) is 115 cm³/mol.